The van der Waals surface area contributed by atoms with Gasteiger partial charge in [0, 0.05) is 22.5 Å². The average Bonchev–Trinajstić information content (AvgIpc) is 2.51. The van der Waals surface area contributed by atoms with Crippen molar-refractivity contribution >= 4 is 11.6 Å². The van der Waals surface area contributed by atoms with Crippen molar-refractivity contribution in [2.24, 2.45) is 0 Å². The zero-order chi connectivity index (χ0) is 15.5. The van der Waals surface area contributed by atoms with E-state index in [-0.39, 0.29) is 5.75 Å². The Hall–Kier alpha value is -2.46. The summed E-state index contributed by atoms with van der Waals surface area (Å²) in [5.74, 6) is 0.796. The maximum atomic E-state index is 13.7. The van der Waals surface area contributed by atoms with Crippen LogP contribution in [-0.2, 0) is 0 Å². The Morgan fingerprint density at radius 3 is 2.50 bits per heavy atom. The number of rotatable bonds is 3. The minimum Gasteiger partial charge on any atom is -0.454 e. The predicted molar refractivity (Wildman–Crippen MR) is 83.7 cm³/mol. The van der Waals surface area contributed by atoms with Crippen LogP contribution in [0.25, 0.3) is 11.4 Å². The topological polar surface area (TPSA) is 35.0 Å². The fourth-order valence-corrected chi connectivity index (χ4v) is 2.10. The second kappa shape index (κ2) is 6.12. The van der Waals surface area contributed by atoms with Gasteiger partial charge in [0.15, 0.2) is 17.4 Å². The number of benzene rings is 2. The van der Waals surface area contributed by atoms with E-state index in [2.05, 4.69) is 9.97 Å². The standard InChI is InChI=1S/C17H12ClFN2O/c1-11-8-9-20-17(21-11)12-2-5-14(6-3-12)22-16-7-4-13(18)10-15(16)19/h2-10H,1H3. The molecule has 0 aliphatic carbocycles. The Kier molecular flexibility index (Phi) is 4.02. The van der Waals surface area contributed by atoms with E-state index in [4.69, 9.17) is 16.3 Å². The Morgan fingerprint density at radius 2 is 1.82 bits per heavy atom. The van der Waals surface area contributed by atoms with Gasteiger partial charge < -0.3 is 4.74 Å². The molecule has 0 radical (unpaired) electrons. The van der Waals surface area contributed by atoms with Gasteiger partial charge in [0.25, 0.3) is 0 Å². The van der Waals surface area contributed by atoms with Crippen LogP contribution in [0, 0.1) is 12.7 Å². The molecule has 110 valence electrons. The summed E-state index contributed by atoms with van der Waals surface area (Å²) >= 11 is 5.71. The van der Waals surface area contributed by atoms with Gasteiger partial charge in [-0.3, -0.25) is 0 Å². The Bertz CT molecular complexity index is 806. The smallest absolute Gasteiger partial charge is 0.167 e. The van der Waals surface area contributed by atoms with Gasteiger partial charge in [0.2, 0.25) is 0 Å². The second-order valence-corrected chi connectivity index (χ2v) is 5.16. The van der Waals surface area contributed by atoms with E-state index in [1.165, 1.54) is 12.1 Å². The van der Waals surface area contributed by atoms with E-state index >= 15 is 0 Å². The van der Waals surface area contributed by atoms with Crippen LogP contribution in [0.3, 0.4) is 0 Å². The van der Waals surface area contributed by atoms with Crippen LogP contribution >= 0.6 is 11.6 Å². The first-order chi connectivity index (χ1) is 10.6. The highest BCUT2D eigenvalue weighted by Crippen LogP contribution is 2.28. The van der Waals surface area contributed by atoms with Gasteiger partial charge in [0.05, 0.1) is 0 Å². The Labute approximate surface area is 132 Å². The van der Waals surface area contributed by atoms with Crippen LogP contribution in [0.15, 0.2) is 54.7 Å². The average molecular weight is 315 g/mol. The van der Waals surface area contributed by atoms with E-state index in [0.29, 0.717) is 16.6 Å². The summed E-state index contributed by atoms with van der Waals surface area (Å²) in [6.07, 6.45) is 1.71. The predicted octanol–water partition coefficient (Wildman–Crippen LogP) is 5.04. The van der Waals surface area contributed by atoms with E-state index < -0.39 is 5.82 Å². The van der Waals surface area contributed by atoms with E-state index in [1.54, 1.807) is 24.4 Å². The molecule has 1 aromatic heterocycles. The lowest BCUT2D eigenvalue weighted by atomic mass is 10.2. The van der Waals surface area contributed by atoms with Crippen molar-refractivity contribution in [3.63, 3.8) is 0 Å². The Balaban J connectivity index is 1.82. The molecule has 0 aliphatic heterocycles. The third-order valence-corrected chi connectivity index (χ3v) is 3.26. The second-order valence-electron chi connectivity index (χ2n) is 4.72. The summed E-state index contributed by atoms with van der Waals surface area (Å²) in [7, 11) is 0. The van der Waals surface area contributed by atoms with Gasteiger partial charge in [0.1, 0.15) is 5.75 Å². The van der Waals surface area contributed by atoms with Gasteiger partial charge in [-0.2, -0.15) is 0 Å². The molecule has 5 heteroatoms. The largest absolute Gasteiger partial charge is 0.454 e. The summed E-state index contributed by atoms with van der Waals surface area (Å²) in [6, 6.07) is 13.3. The first-order valence-corrected chi connectivity index (χ1v) is 7.02. The minimum atomic E-state index is -0.501. The van der Waals surface area contributed by atoms with Crippen LogP contribution in [0.5, 0.6) is 11.5 Å². The molecule has 0 spiro atoms. The fourth-order valence-electron chi connectivity index (χ4n) is 1.94. The maximum Gasteiger partial charge on any atom is 0.167 e. The molecule has 3 nitrogen and oxygen atoms in total. The third-order valence-electron chi connectivity index (χ3n) is 3.03. The molecule has 0 bridgehead atoms. The molecular formula is C17H12ClFN2O. The zero-order valence-corrected chi connectivity index (χ0v) is 12.5. The summed E-state index contributed by atoms with van der Waals surface area (Å²) in [5, 5.41) is 0.330. The van der Waals surface area contributed by atoms with E-state index in [1.807, 2.05) is 25.1 Å². The molecular weight excluding hydrogens is 303 g/mol. The number of halogens is 2. The molecule has 2 aromatic carbocycles. The number of aryl methyl sites for hydroxylation is 1. The maximum absolute atomic E-state index is 13.7. The molecule has 0 saturated heterocycles. The van der Waals surface area contributed by atoms with Crippen LogP contribution < -0.4 is 4.74 Å². The lowest BCUT2D eigenvalue weighted by Crippen LogP contribution is -1.91. The number of hydrogen-bond donors (Lipinski definition) is 0. The van der Waals surface area contributed by atoms with Crippen molar-refractivity contribution in [3.05, 3.63) is 71.3 Å². The first-order valence-electron chi connectivity index (χ1n) is 6.65. The quantitative estimate of drug-likeness (QED) is 0.679. The highest BCUT2D eigenvalue weighted by Gasteiger charge is 2.06. The van der Waals surface area contributed by atoms with Crippen LogP contribution in [0.1, 0.15) is 5.69 Å². The molecule has 3 rings (SSSR count). The van der Waals surface area contributed by atoms with Gasteiger partial charge in [-0.25, -0.2) is 14.4 Å². The normalized spacial score (nSPS) is 10.5. The molecule has 0 amide bonds. The molecule has 0 unspecified atom stereocenters. The molecule has 0 saturated carbocycles. The zero-order valence-electron chi connectivity index (χ0n) is 11.8. The number of hydrogen-bond acceptors (Lipinski definition) is 3. The summed E-state index contributed by atoms with van der Waals surface area (Å²) in [5.41, 5.74) is 1.76. The van der Waals surface area contributed by atoms with Crippen molar-refractivity contribution < 1.29 is 9.13 Å². The number of ether oxygens (including phenoxy) is 1. The molecule has 22 heavy (non-hydrogen) atoms. The van der Waals surface area contributed by atoms with Crippen LogP contribution in [0.2, 0.25) is 5.02 Å². The summed E-state index contributed by atoms with van der Waals surface area (Å²) in [6.45, 7) is 1.91. The van der Waals surface area contributed by atoms with Crippen molar-refractivity contribution in [2.45, 2.75) is 6.92 Å². The lowest BCUT2D eigenvalue weighted by molar-refractivity contribution is 0.442. The van der Waals surface area contributed by atoms with Crippen molar-refractivity contribution in [2.75, 3.05) is 0 Å². The third kappa shape index (κ3) is 3.23. The minimum absolute atomic E-state index is 0.129. The van der Waals surface area contributed by atoms with Gasteiger partial charge in [-0.05, 0) is 55.5 Å². The summed E-state index contributed by atoms with van der Waals surface area (Å²) in [4.78, 5) is 8.58. The molecule has 0 fully saturated rings. The Morgan fingerprint density at radius 1 is 1.05 bits per heavy atom. The molecule has 3 aromatic rings. The molecule has 0 N–H and O–H groups in total. The summed E-state index contributed by atoms with van der Waals surface area (Å²) < 4.78 is 19.2. The SMILES string of the molecule is Cc1ccnc(-c2ccc(Oc3ccc(Cl)cc3F)cc2)n1. The first kappa shape index (κ1) is 14.5. The van der Waals surface area contributed by atoms with Gasteiger partial charge in [-0.15, -0.1) is 0 Å². The number of nitrogens with zero attached hydrogens (tertiary/aromatic N) is 2. The number of aromatic nitrogens is 2. The lowest BCUT2D eigenvalue weighted by Gasteiger charge is -2.08. The molecule has 1 heterocycles. The van der Waals surface area contributed by atoms with Gasteiger partial charge in [-0.1, -0.05) is 11.6 Å². The monoisotopic (exact) mass is 314 g/mol. The highest BCUT2D eigenvalue weighted by molar-refractivity contribution is 6.30. The highest BCUT2D eigenvalue weighted by atomic mass is 35.5. The fraction of sp³-hybridized carbons (Fsp3) is 0.0588. The van der Waals surface area contributed by atoms with Crippen LogP contribution in [0.4, 0.5) is 4.39 Å². The van der Waals surface area contributed by atoms with Gasteiger partial charge >= 0.3 is 0 Å². The van der Waals surface area contributed by atoms with Crippen molar-refractivity contribution in [1.82, 2.24) is 9.97 Å². The van der Waals surface area contributed by atoms with E-state index in [9.17, 15) is 4.39 Å². The van der Waals surface area contributed by atoms with E-state index in [0.717, 1.165) is 11.3 Å². The molecule has 0 atom stereocenters. The van der Waals surface area contributed by atoms with Crippen LogP contribution in [-0.4, -0.2) is 9.97 Å². The van der Waals surface area contributed by atoms with Crippen molar-refractivity contribution in [1.29, 1.82) is 0 Å². The molecule has 0 aliphatic rings. The van der Waals surface area contributed by atoms with Crippen molar-refractivity contribution in [3.8, 4) is 22.9 Å².